The number of anilines is 3. The van der Waals surface area contributed by atoms with E-state index in [2.05, 4.69) is 183 Å². The molecule has 0 unspecified atom stereocenters. The van der Waals surface area contributed by atoms with Crippen LogP contribution in [0.25, 0.3) is 44.2 Å². The Bertz CT molecular complexity index is 2120. The molecular formula is C43H33N. The van der Waals surface area contributed by atoms with Gasteiger partial charge in [0, 0.05) is 22.5 Å². The second-order valence-corrected chi connectivity index (χ2v) is 12.2. The summed E-state index contributed by atoms with van der Waals surface area (Å²) >= 11 is 0. The van der Waals surface area contributed by atoms with Crippen LogP contribution in [0.2, 0.25) is 0 Å². The Hall–Kier alpha value is -5.40. The van der Waals surface area contributed by atoms with E-state index in [1.807, 2.05) is 0 Å². The van der Waals surface area contributed by atoms with Crippen LogP contribution in [0.4, 0.5) is 17.1 Å². The van der Waals surface area contributed by atoms with E-state index in [0.717, 1.165) is 17.1 Å². The summed E-state index contributed by atoms with van der Waals surface area (Å²) in [5, 5.41) is 2.48. The molecule has 1 aliphatic rings. The fraction of sp³-hybridized carbons (Fsp3) is 0.0698. The Labute approximate surface area is 259 Å². The monoisotopic (exact) mass is 563 g/mol. The minimum absolute atomic E-state index is 0.0477. The van der Waals surface area contributed by atoms with Crippen molar-refractivity contribution < 1.29 is 0 Å². The first-order chi connectivity index (χ1) is 21.6. The van der Waals surface area contributed by atoms with Crippen molar-refractivity contribution in [2.75, 3.05) is 4.90 Å². The zero-order valence-electron chi connectivity index (χ0n) is 25.0. The molecule has 1 nitrogen and oxygen atoms in total. The number of rotatable bonds is 5. The van der Waals surface area contributed by atoms with E-state index < -0.39 is 0 Å². The number of fused-ring (bicyclic) bond motifs is 4. The van der Waals surface area contributed by atoms with Crippen molar-refractivity contribution in [2.24, 2.45) is 0 Å². The Balaban J connectivity index is 1.21. The van der Waals surface area contributed by atoms with Gasteiger partial charge in [-0.1, -0.05) is 135 Å². The average molecular weight is 564 g/mol. The van der Waals surface area contributed by atoms with Gasteiger partial charge in [-0.3, -0.25) is 0 Å². The Kier molecular flexibility index (Phi) is 6.20. The van der Waals surface area contributed by atoms with E-state index in [1.54, 1.807) is 0 Å². The van der Waals surface area contributed by atoms with Gasteiger partial charge in [0.05, 0.1) is 0 Å². The topological polar surface area (TPSA) is 3.24 Å². The van der Waals surface area contributed by atoms with Gasteiger partial charge in [-0.25, -0.2) is 0 Å². The van der Waals surface area contributed by atoms with Crippen LogP contribution in [-0.4, -0.2) is 0 Å². The van der Waals surface area contributed by atoms with Crippen LogP contribution in [0.3, 0.4) is 0 Å². The lowest BCUT2D eigenvalue weighted by atomic mass is 9.81. The fourth-order valence-corrected chi connectivity index (χ4v) is 6.99. The van der Waals surface area contributed by atoms with E-state index in [0.29, 0.717) is 0 Å². The van der Waals surface area contributed by atoms with Crippen LogP contribution in [0, 0.1) is 0 Å². The molecule has 0 spiro atoms. The van der Waals surface area contributed by atoms with Crippen molar-refractivity contribution in [1.82, 2.24) is 0 Å². The first kappa shape index (κ1) is 26.2. The van der Waals surface area contributed by atoms with Crippen molar-refractivity contribution >= 4 is 27.8 Å². The zero-order valence-corrected chi connectivity index (χ0v) is 25.0. The van der Waals surface area contributed by atoms with Gasteiger partial charge in [0.1, 0.15) is 0 Å². The van der Waals surface area contributed by atoms with Gasteiger partial charge >= 0.3 is 0 Å². The van der Waals surface area contributed by atoms with Crippen LogP contribution in [-0.2, 0) is 5.41 Å². The molecule has 0 N–H and O–H groups in total. The molecule has 0 aliphatic heterocycles. The molecule has 7 aromatic rings. The van der Waals surface area contributed by atoms with E-state index in [-0.39, 0.29) is 5.41 Å². The summed E-state index contributed by atoms with van der Waals surface area (Å²) < 4.78 is 0. The molecule has 1 aliphatic carbocycles. The van der Waals surface area contributed by atoms with Gasteiger partial charge < -0.3 is 4.90 Å². The first-order valence-corrected chi connectivity index (χ1v) is 15.4. The highest BCUT2D eigenvalue weighted by molar-refractivity contribution is 5.94. The highest BCUT2D eigenvalue weighted by Gasteiger charge is 2.37. The summed E-state index contributed by atoms with van der Waals surface area (Å²) in [4.78, 5) is 2.34. The predicted octanol–water partition coefficient (Wildman–Crippen LogP) is 11.9. The summed E-state index contributed by atoms with van der Waals surface area (Å²) in [5.41, 5.74) is 13.9. The normalized spacial score (nSPS) is 13.0. The smallest absolute Gasteiger partial charge is 0.0468 e. The van der Waals surface area contributed by atoms with Gasteiger partial charge in [0.25, 0.3) is 0 Å². The summed E-state index contributed by atoms with van der Waals surface area (Å²) in [5.74, 6) is 0. The van der Waals surface area contributed by atoms with E-state index >= 15 is 0 Å². The van der Waals surface area contributed by atoms with Crippen molar-refractivity contribution in [3.63, 3.8) is 0 Å². The summed E-state index contributed by atoms with van der Waals surface area (Å²) in [7, 11) is 0. The number of benzene rings is 7. The van der Waals surface area contributed by atoms with Gasteiger partial charge in [0.2, 0.25) is 0 Å². The number of hydrogen-bond donors (Lipinski definition) is 0. The predicted molar refractivity (Wildman–Crippen MR) is 187 cm³/mol. The average Bonchev–Trinajstić information content (AvgIpc) is 3.32. The van der Waals surface area contributed by atoms with Crippen LogP contribution in [0.5, 0.6) is 0 Å². The summed E-state index contributed by atoms with van der Waals surface area (Å²) in [6.45, 7) is 4.71. The molecule has 210 valence electrons. The van der Waals surface area contributed by atoms with Gasteiger partial charge in [0.15, 0.2) is 0 Å². The van der Waals surface area contributed by atoms with Crippen LogP contribution >= 0.6 is 0 Å². The van der Waals surface area contributed by atoms with E-state index in [4.69, 9.17) is 0 Å². The molecule has 44 heavy (non-hydrogen) atoms. The van der Waals surface area contributed by atoms with E-state index in [9.17, 15) is 0 Å². The third-order valence-corrected chi connectivity index (χ3v) is 9.25. The van der Waals surface area contributed by atoms with Gasteiger partial charge in [-0.05, 0) is 97.7 Å². The fourth-order valence-electron chi connectivity index (χ4n) is 6.99. The van der Waals surface area contributed by atoms with Crippen molar-refractivity contribution in [2.45, 2.75) is 19.3 Å². The third-order valence-electron chi connectivity index (χ3n) is 9.25. The highest BCUT2D eigenvalue weighted by atomic mass is 15.1. The second kappa shape index (κ2) is 10.4. The molecule has 0 saturated carbocycles. The van der Waals surface area contributed by atoms with Gasteiger partial charge in [-0.15, -0.1) is 0 Å². The lowest BCUT2D eigenvalue weighted by molar-refractivity contribution is 0.660. The number of nitrogens with zero attached hydrogens (tertiary/aromatic N) is 1. The Morgan fingerprint density at radius 2 is 1.02 bits per heavy atom. The Morgan fingerprint density at radius 3 is 1.80 bits per heavy atom. The largest absolute Gasteiger partial charge is 0.310 e. The summed E-state index contributed by atoms with van der Waals surface area (Å²) in [6, 6.07) is 59.5. The molecule has 0 saturated heterocycles. The zero-order chi connectivity index (χ0) is 29.7. The molecular weight excluding hydrogens is 530 g/mol. The Morgan fingerprint density at radius 1 is 0.386 bits per heavy atom. The molecule has 0 heterocycles. The quantitative estimate of drug-likeness (QED) is 0.201. The minimum atomic E-state index is -0.0477. The lowest BCUT2D eigenvalue weighted by Gasteiger charge is -2.26. The molecule has 7 aromatic carbocycles. The molecule has 0 fully saturated rings. The molecule has 0 atom stereocenters. The maximum absolute atomic E-state index is 2.41. The van der Waals surface area contributed by atoms with Crippen LogP contribution in [0.1, 0.15) is 25.0 Å². The molecule has 0 amide bonds. The molecule has 0 bridgehead atoms. The molecule has 0 aromatic heterocycles. The molecule has 0 radical (unpaired) electrons. The first-order valence-electron chi connectivity index (χ1n) is 15.4. The SMILES string of the molecule is CC1(C)c2ccc(-c3ccc(N(c4ccccc4)c4ccc5ccccc5c4)cc3)cc2-c2c(-c3ccccc3)cccc21. The standard InChI is InChI=1S/C43H33N/c1-43(2)40-27-23-34(29-39(40)42-38(18-11-19-41(42)43)32-13-5-3-6-14-32)31-20-24-36(25-21-31)44(35-16-7-4-8-17-35)37-26-22-30-12-9-10-15-33(30)28-37/h3-29H,1-2H3. The maximum atomic E-state index is 2.41. The van der Waals surface area contributed by atoms with E-state index in [1.165, 1.54) is 55.3 Å². The second-order valence-electron chi connectivity index (χ2n) is 12.2. The van der Waals surface area contributed by atoms with Crippen molar-refractivity contribution in [3.8, 4) is 33.4 Å². The van der Waals surface area contributed by atoms with Gasteiger partial charge in [-0.2, -0.15) is 0 Å². The minimum Gasteiger partial charge on any atom is -0.310 e. The van der Waals surface area contributed by atoms with Crippen molar-refractivity contribution in [1.29, 1.82) is 0 Å². The number of para-hydroxylation sites is 1. The maximum Gasteiger partial charge on any atom is 0.0468 e. The van der Waals surface area contributed by atoms with Crippen molar-refractivity contribution in [3.05, 3.63) is 175 Å². The summed E-state index contributed by atoms with van der Waals surface area (Å²) in [6.07, 6.45) is 0. The highest BCUT2D eigenvalue weighted by Crippen LogP contribution is 2.53. The number of hydrogen-bond acceptors (Lipinski definition) is 1. The van der Waals surface area contributed by atoms with Crippen LogP contribution in [0.15, 0.2) is 164 Å². The third kappa shape index (κ3) is 4.32. The molecule has 1 heteroatoms. The molecule has 8 rings (SSSR count). The van der Waals surface area contributed by atoms with Crippen LogP contribution < -0.4 is 4.90 Å². The lowest BCUT2D eigenvalue weighted by Crippen LogP contribution is -2.14.